The first kappa shape index (κ1) is 46.6. The number of ether oxygens (including phenoxy) is 2. The Labute approximate surface area is 307 Å². The lowest BCUT2D eigenvalue weighted by atomic mass is 10.2. The number of carboxylic acids is 3. The smallest absolute Gasteiger partial charge is 0.323 e. The van der Waals surface area contributed by atoms with Crippen molar-refractivity contribution in [1.82, 2.24) is 35.1 Å². The molecule has 1 aliphatic heterocycles. The van der Waals surface area contributed by atoms with Crippen molar-refractivity contribution < 1.29 is 53.6 Å². The molecule has 1 heterocycles. The van der Waals surface area contributed by atoms with Gasteiger partial charge in [-0.05, 0) is 53.1 Å². The van der Waals surface area contributed by atoms with Crippen LogP contribution >= 0.6 is 0 Å². The van der Waals surface area contributed by atoms with E-state index in [1.807, 2.05) is 11.9 Å². The Kier molecular flexibility index (Phi) is 25.2. The normalized spacial score (nSPS) is 16.3. The lowest BCUT2D eigenvalue weighted by Gasteiger charge is -2.31. The van der Waals surface area contributed by atoms with E-state index < -0.39 is 30.4 Å². The Morgan fingerprint density at radius 1 is 0.692 bits per heavy atom. The summed E-state index contributed by atoms with van der Waals surface area (Å²) in [5.74, 6) is -3.29. The second-order valence-electron chi connectivity index (χ2n) is 13.4. The number of likely N-dealkylation sites (N-methyl/N-ethyl adjacent to an activating group) is 2. The molecule has 3 amide bonds. The van der Waals surface area contributed by atoms with Gasteiger partial charge in [0.15, 0.2) is 0 Å². The third-order valence-electron chi connectivity index (χ3n) is 8.53. The summed E-state index contributed by atoms with van der Waals surface area (Å²) in [5, 5.41) is 32.6. The van der Waals surface area contributed by atoms with E-state index >= 15 is 0 Å². The standard InChI is InChI=1S/C34H63N7O11/c1-28(9-10-31(44)45)36-34(50)35-11-5-4-6-12-41(26-33(48)49)30(43)27-52-23-22-51-21-7-8-29(42)24-39-17-15-37(2)13-14-38(3)16-18-40(20-19-39)25-32(46)47/h28H,4-27H2,1-3H3,(H,44,45)(H,46,47)(H,48,49)(H2,35,36,50)/t28-/m1/s1. The minimum atomic E-state index is -1.13. The Hall–Kier alpha value is -3.42. The second-order valence-corrected chi connectivity index (χ2v) is 13.4. The van der Waals surface area contributed by atoms with Gasteiger partial charge in [0.1, 0.15) is 18.9 Å². The number of urea groups is 1. The average molecular weight is 746 g/mol. The molecule has 0 aromatic heterocycles. The predicted octanol–water partition coefficient (Wildman–Crippen LogP) is -0.429. The van der Waals surface area contributed by atoms with Crippen LogP contribution in [0.2, 0.25) is 0 Å². The highest BCUT2D eigenvalue weighted by Gasteiger charge is 2.19. The van der Waals surface area contributed by atoms with Crippen LogP contribution in [0, 0.1) is 0 Å². The molecule has 300 valence electrons. The number of nitrogens with zero attached hydrogens (tertiary/aromatic N) is 5. The van der Waals surface area contributed by atoms with Crippen LogP contribution in [0.4, 0.5) is 4.79 Å². The number of carboxylic acid groups (broad SMARTS) is 3. The van der Waals surface area contributed by atoms with Crippen molar-refractivity contribution in [3.8, 4) is 0 Å². The fourth-order valence-corrected chi connectivity index (χ4v) is 5.32. The first-order valence-corrected chi connectivity index (χ1v) is 18.2. The molecule has 0 aromatic carbocycles. The number of unbranched alkanes of at least 4 members (excludes halogenated alkanes) is 2. The van der Waals surface area contributed by atoms with Crippen molar-refractivity contribution in [1.29, 1.82) is 0 Å². The fraction of sp³-hybridized carbons (Fsp3) is 0.824. The van der Waals surface area contributed by atoms with E-state index in [1.54, 1.807) is 6.92 Å². The number of carbonyl (C=O) groups excluding carboxylic acids is 3. The summed E-state index contributed by atoms with van der Waals surface area (Å²) in [5.41, 5.74) is 0. The minimum Gasteiger partial charge on any atom is -0.481 e. The molecule has 18 heteroatoms. The highest BCUT2D eigenvalue weighted by Crippen LogP contribution is 2.03. The Bertz CT molecular complexity index is 1080. The maximum absolute atomic E-state index is 12.8. The van der Waals surface area contributed by atoms with Gasteiger partial charge in [0.25, 0.3) is 0 Å². The number of carbonyl (C=O) groups is 6. The van der Waals surface area contributed by atoms with Gasteiger partial charge in [0.05, 0.1) is 26.3 Å². The molecule has 1 saturated heterocycles. The number of nitrogens with one attached hydrogen (secondary N) is 2. The van der Waals surface area contributed by atoms with Crippen LogP contribution in [0.3, 0.4) is 0 Å². The zero-order valence-electron chi connectivity index (χ0n) is 31.4. The summed E-state index contributed by atoms with van der Waals surface area (Å²) in [6.45, 7) is 8.40. The number of rotatable bonds is 25. The van der Waals surface area contributed by atoms with Crippen molar-refractivity contribution in [2.24, 2.45) is 0 Å². The van der Waals surface area contributed by atoms with Crippen LogP contribution in [0.1, 0.15) is 51.9 Å². The monoisotopic (exact) mass is 745 g/mol. The molecular weight excluding hydrogens is 682 g/mol. The highest BCUT2D eigenvalue weighted by molar-refractivity contribution is 5.82. The number of hydrogen-bond donors (Lipinski definition) is 5. The largest absolute Gasteiger partial charge is 0.481 e. The van der Waals surface area contributed by atoms with Crippen LogP contribution in [-0.4, -0.2) is 207 Å². The second kappa shape index (κ2) is 28.1. The zero-order chi connectivity index (χ0) is 38.7. The van der Waals surface area contributed by atoms with Gasteiger partial charge in [0.2, 0.25) is 5.91 Å². The van der Waals surface area contributed by atoms with Gasteiger partial charge in [0, 0.05) is 90.9 Å². The molecule has 0 saturated carbocycles. The van der Waals surface area contributed by atoms with Crippen LogP contribution in [0.15, 0.2) is 0 Å². The molecule has 0 bridgehead atoms. The quantitative estimate of drug-likeness (QED) is 0.0749. The van der Waals surface area contributed by atoms with Crippen LogP contribution < -0.4 is 10.6 Å². The number of Topliss-reactive ketones (excluding diaryl/α,β-unsaturated/α-hetero) is 1. The van der Waals surface area contributed by atoms with E-state index in [-0.39, 0.29) is 63.7 Å². The molecule has 1 rings (SSSR count). The molecule has 0 aliphatic carbocycles. The van der Waals surface area contributed by atoms with E-state index in [0.29, 0.717) is 77.9 Å². The molecule has 1 fully saturated rings. The van der Waals surface area contributed by atoms with Crippen molar-refractivity contribution in [2.45, 2.75) is 57.9 Å². The number of hydrogen-bond acceptors (Lipinski definition) is 12. The Morgan fingerprint density at radius 2 is 1.29 bits per heavy atom. The number of amides is 3. The molecular formula is C34H63N7O11. The van der Waals surface area contributed by atoms with Gasteiger partial charge in [-0.3, -0.25) is 33.8 Å². The molecule has 52 heavy (non-hydrogen) atoms. The molecule has 18 nitrogen and oxygen atoms in total. The van der Waals surface area contributed by atoms with Crippen molar-refractivity contribution in [3.05, 3.63) is 0 Å². The van der Waals surface area contributed by atoms with E-state index in [4.69, 9.17) is 14.6 Å². The van der Waals surface area contributed by atoms with Gasteiger partial charge < -0.3 is 50.1 Å². The summed E-state index contributed by atoms with van der Waals surface area (Å²) in [6.07, 6.45) is 2.97. The molecule has 1 atom stereocenters. The zero-order valence-corrected chi connectivity index (χ0v) is 31.4. The lowest BCUT2D eigenvalue weighted by Crippen LogP contribution is -2.46. The van der Waals surface area contributed by atoms with Gasteiger partial charge in [-0.25, -0.2) is 4.79 Å². The molecule has 0 unspecified atom stereocenters. The molecule has 0 radical (unpaired) electrons. The number of ketones is 1. The van der Waals surface area contributed by atoms with Crippen LogP contribution in [0.25, 0.3) is 0 Å². The van der Waals surface area contributed by atoms with E-state index in [1.165, 1.54) is 4.90 Å². The summed E-state index contributed by atoms with van der Waals surface area (Å²) in [7, 11) is 4.10. The summed E-state index contributed by atoms with van der Waals surface area (Å²) in [6, 6.07) is -0.666. The van der Waals surface area contributed by atoms with Crippen LogP contribution in [-0.2, 0) is 33.4 Å². The average Bonchev–Trinajstić information content (AvgIpc) is 3.07. The van der Waals surface area contributed by atoms with Crippen molar-refractivity contribution in [2.75, 3.05) is 126 Å². The van der Waals surface area contributed by atoms with Crippen molar-refractivity contribution in [3.63, 3.8) is 0 Å². The first-order valence-electron chi connectivity index (χ1n) is 18.2. The number of aliphatic carboxylic acids is 3. The predicted molar refractivity (Wildman–Crippen MR) is 192 cm³/mol. The summed E-state index contributed by atoms with van der Waals surface area (Å²) >= 11 is 0. The first-order chi connectivity index (χ1) is 24.7. The van der Waals surface area contributed by atoms with Gasteiger partial charge in [-0.1, -0.05) is 0 Å². The van der Waals surface area contributed by atoms with E-state index in [2.05, 4.69) is 32.4 Å². The SMILES string of the molecule is C[C@H](CCC(=O)O)NC(=O)NCCCCCN(CC(=O)O)C(=O)COCCOCCCC(=O)CN1CCN(C)CCN(C)CCN(CC(=O)O)CC1. The third-order valence-corrected chi connectivity index (χ3v) is 8.53. The van der Waals surface area contributed by atoms with E-state index in [0.717, 1.165) is 26.2 Å². The molecule has 5 N–H and O–H groups in total. The van der Waals surface area contributed by atoms with E-state index in [9.17, 15) is 39.0 Å². The minimum absolute atomic E-state index is 0.0329. The topological polar surface area (TPSA) is 222 Å². The van der Waals surface area contributed by atoms with Gasteiger partial charge >= 0.3 is 23.9 Å². The van der Waals surface area contributed by atoms with Crippen molar-refractivity contribution >= 4 is 35.6 Å². The summed E-state index contributed by atoms with van der Waals surface area (Å²) in [4.78, 5) is 80.2. The van der Waals surface area contributed by atoms with Gasteiger partial charge in [-0.15, -0.1) is 0 Å². The van der Waals surface area contributed by atoms with Crippen LogP contribution in [0.5, 0.6) is 0 Å². The Morgan fingerprint density at radius 3 is 1.90 bits per heavy atom. The maximum atomic E-state index is 12.8. The molecule has 0 aromatic rings. The Balaban J connectivity index is 2.28. The van der Waals surface area contributed by atoms with Gasteiger partial charge in [-0.2, -0.15) is 0 Å². The molecule has 0 spiro atoms. The third kappa shape index (κ3) is 25.5. The fourth-order valence-electron chi connectivity index (χ4n) is 5.32. The molecule has 1 aliphatic rings. The lowest BCUT2D eigenvalue weighted by molar-refractivity contribution is -0.146. The maximum Gasteiger partial charge on any atom is 0.323 e. The highest BCUT2D eigenvalue weighted by atomic mass is 16.5. The summed E-state index contributed by atoms with van der Waals surface area (Å²) < 4.78 is 11.0.